The van der Waals surface area contributed by atoms with Crippen LogP contribution in [-0.2, 0) is 24.0 Å². The van der Waals surface area contributed by atoms with Crippen LogP contribution in [0.25, 0.3) is 6.08 Å². The van der Waals surface area contributed by atoms with Crippen molar-refractivity contribution in [3.8, 4) is 17.2 Å². The Labute approximate surface area is 318 Å². The number of allylic oxidation sites excluding steroid dienone is 2. The van der Waals surface area contributed by atoms with Gasteiger partial charge in [-0.15, -0.1) is 0 Å². The van der Waals surface area contributed by atoms with Crippen molar-refractivity contribution in [3.63, 3.8) is 0 Å². The average Bonchev–Trinajstić information content (AvgIpc) is 3.41. The van der Waals surface area contributed by atoms with Crippen LogP contribution in [0.1, 0.15) is 50.5 Å². The number of carbonyl (C=O) groups excluding carboxylic acids is 3. The van der Waals surface area contributed by atoms with Gasteiger partial charge in [-0.05, 0) is 80.0 Å². The van der Waals surface area contributed by atoms with E-state index < -0.39 is 30.3 Å². The van der Waals surface area contributed by atoms with Gasteiger partial charge in [-0.25, -0.2) is 9.59 Å². The lowest BCUT2D eigenvalue weighted by molar-refractivity contribution is -0.492. The number of halogens is 1. The smallest absolute Gasteiger partial charge is 0.330 e. The van der Waals surface area contributed by atoms with Crippen LogP contribution in [0.3, 0.4) is 0 Å². The summed E-state index contributed by atoms with van der Waals surface area (Å²) in [5.74, 6) is -1.30. The summed E-state index contributed by atoms with van der Waals surface area (Å²) in [5, 5.41) is 50.9. The largest absolute Gasteiger partial charge is 0.493 e. The van der Waals surface area contributed by atoms with E-state index in [-0.39, 0.29) is 73.8 Å². The van der Waals surface area contributed by atoms with Crippen molar-refractivity contribution in [1.29, 1.82) is 0 Å². The zero-order valence-corrected chi connectivity index (χ0v) is 30.8. The predicted octanol–water partition coefficient (Wildman–Crippen LogP) is 4.19. The highest BCUT2D eigenvalue weighted by atomic mass is 35.5. The first-order valence-corrected chi connectivity index (χ1v) is 17.9. The number of unbranched alkanes of at least 4 members (excludes halogenated alkanes) is 2. The number of aliphatic hydroxyl groups excluding tert-OH is 3. The lowest BCUT2D eigenvalue weighted by Gasteiger charge is -2.19. The second-order valence-corrected chi connectivity index (χ2v) is 12.8. The van der Waals surface area contributed by atoms with Gasteiger partial charge in [-0.3, -0.25) is 20.0 Å². The molecule has 1 fully saturated rings. The molecule has 54 heavy (non-hydrogen) atoms. The van der Waals surface area contributed by atoms with Crippen LogP contribution in [-0.4, -0.2) is 101 Å². The topological polar surface area (TPSA) is 214 Å². The predicted molar refractivity (Wildman–Crippen MR) is 196 cm³/mol. The third kappa shape index (κ3) is 16.8. The third-order valence-corrected chi connectivity index (χ3v) is 8.52. The Morgan fingerprint density at radius 1 is 1.02 bits per heavy atom. The maximum Gasteiger partial charge on any atom is 0.330 e. The first-order valence-electron chi connectivity index (χ1n) is 17.5. The van der Waals surface area contributed by atoms with E-state index in [1.54, 1.807) is 48.6 Å². The number of hydrogen-bond acceptors (Lipinski definition) is 14. The lowest BCUT2D eigenvalue weighted by atomic mass is 9.89. The van der Waals surface area contributed by atoms with E-state index in [0.29, 0.717) is 48.4 Å². The SMILES string of the molecule is COc1cc(/C=C/C(=O)OCCCCON(O)O)ccc1OC(=O)CNC(=O)CCC/C=C\C[C@@H]1[C@@H](/C=C/[C@@H](O)COc2cccc(Cl)c2)[C@H](O)C[C@@H]1O. The van der Waals surface area contributed by atoms with E-state index in [0.717, 1.165) is 0 Å². The van der Waals surface area contributed by atoms with Crippen LogP contribution in [0, 0.1) is 11.8 Å². The number of carbonyl (C=O) groups is 3. The number of methoxy groups -OCH3 is 1. The molecule has 0 saturated heterocycles. The average molecular weight is 777 g/mol. The van der Waals surface area contributed by atoms with Gasteiger partial charge in [-0.1, -0.05) is 48.0 Å². The highest BCUT2D eigenvalue weighted by molar-refractivity contribution is 6.30. The molecule has 1 saturated carbocycles. The molecule has 296 valence electrons. The summed E-state index contributed by atoms with van der Waals surface area (Å²) in [7, 11) is 1.39. The van der Waals surface area contributed by atoms with E-state index in [1.807, 2.05) is 12.2 Å². The summed E-state index contributed by atoms with van der Waals surface area (Å²) in [6, 6.07) is 11.5. The molecular weight excluding hydrogens is 728 g/mol. The number of aliphatic hydroxyl groups is 3. The van der Waals surface area contributed by atoms with Gasteiger partial charge < -0.3 is 39.6 Å². The van der Waals surface area contributed by atoms with E-state index >= 15 is 0 Å². The minimum atomic E-state index is -0.915. The summed E-state index contributed by atoms with van der Waals surface area (Å²) in [5.41, 5.74) is 0.575. The summed E-state index contributed by atoms with van der Waals surface area (Å²) in [4.78, 5) is 41.1. The van der Waals surface area contributed by atoms with Crippen molar-refractivity contribution in [2.45, 2.75) is 63.3 Å². The van der Waals surface area contributed by atoms with Crippen LogP contribution < -0.4 is 19.5 Å². The summed E-state index contributed by atoms with van der Waals surface area (Å²) < 4.78 is 21.3. The molecule has 0 bridgehead atoms. The molecule has 16 heteroatoms. The molecule has 0 heterocycles. The highest BCUT2D eigenvalue weighted by Gasteiger charge is 2.39. The number of benzene rings is 2. The van der Waals surface area contributed by atoms with E-state index in [2.05, 4.69) is 10.2 Å². The molecule has 6 N–H and O–H groups in total. The number of esters is 2. The van der Waals surface area contributed by atoms with Gasteiger partial charge in [0.05, 0.1) is 37.9 Å². The number of amides is 1. The third-order valence-electron chi connectivity index (χ3n) is 8.28. The second-order valence-electron chi connectivity index (χ2n) is 12.4. The molecule has 0 aliphatic heterocycles. The van der Waals surface area contributed by atoms with Crippen molar-refractivity contribution in [3.05, 3.63) is 83.4 Å². The van der Waals surface area contributed by atoms with Crippen molar-refractivity contribution in [2.24, 2.45) is 11.8 Å². The first-order chi connectivity index (χ1) is 25.9. The second kappa shape index (κ2) is 24.2. The van der Waals surface area contributed by atoms with Gasteiger partial charge in [-0.2, -0.15) is 0 Å². The van der Waals surface area contributed by atoms with Gasteiger partial charge in [0, 0.05) is 29.9 Å². The zero-order valence-electron chi connectivity index (χ0n) is 30.0. The van der Waals surface area contributed by atoms with E-state index in [1.165, 1.54) is 25.3 Å². The van der Waals surface area contributed by atoms with Crippen LogP contribution in [0.15, 0.2) is 72.8 Å². The number of hydrogen-bond donors (Lipinski definition) is 6. The maximum atomic E-state index is 12.4. The number of ether oxygens (including phenoxy) is 4. The van der Waals surface area contributed by atoms with Gasteiger partial charge in [0.25, 0.3) is 0 Å². The minimum absolute atomic E-state index is 0.00602. The van der Waals surface area contributed by atoms with Gasteiger partial charge in [0.2, 0.25) is 5.91 Å². The van der Waals surface area contributed by atoms with Crippen molar-refractivity contribution in [2.75, 3.05) is 33.5 Å². The monoisotopic (exact) mass is 776 g/mol. The Hall–Kier alpha value is -4.32. The Kier molecular flexibility index (Phi) is 19.7. The molecule has 1 aliphatic rings. The van der Waals surface area contributed by atoms with Crippen molar-refractivity contribution in [1.82, 2.24) is 10.7 Å². The van der Waals surface area contributed by atoms with E-state index in [9.17, 15) is 29.7 Å². The molecule has 3 rings (SSSR count). The Bertz CT molecular complexity index is 1570. The first kappa shape index (κ1) is 44.1. The molecule has 15 nitrogen and oxygen atoms in total. The number of nitrogens with one attached hydrogen (secondary N) is 1. The van der Waals surface area contributed by atoms with Crippen LogP contribution in [0.5, 0.6) is 17.2 Å². The van der Waals surface area contributed by atoms with Gasteiger partial charge in [0.1, 0.15) is 25.0 Å². The quantitative estimate of drug-likeness (QED) is 0.0233. The molecule has 0 radical (unpaired) electrons. The molecule has 2 aromatic carbocycles. The highest BCUT2D eigenvalue weighted by Crippen LogP contribution is 2.36. The molecular formula is C38H49ClN2O13. The number of nitrogens with zero attached hydrogens (tertiary/aromatic N) is 1. The van der Waals surface area contributed by atoms with E-state index in [4.69, 9.17) is 41.0 Å². The summed E-state index contributed by atoms with van der Waals surface area (Å²) in [6.07, 6.45) is 10.4. The fourth-order valence-corrected chi connectivity index (χ4v) is 5.71. The zero-order chi connectivity index (χ0) is 39.3. The van der Waals surface area contributed by atoms with Crippen LogP contribution in [0.2, 0.25) is 5.02 Å². The molecule has 1 amide bonds. The Balaban J connectivity index is 1.33. The standard InChI is InChI=1S/C38H49ClN2O13/c1-50-35-21-26(14-18-37(46)51-19-6-7-20-53-41(48)49)13-17-34(35)54-38(47)24-40-36(45)12-5-3-2-4-11-30-31(33(44)23-32(30)43)16-15-28(42)25-52-29-10-8-9-27(39)22-29/h2,4,8-10,13-18,21-22,28,30-33,42-44,48-49H,3,5-7,11-12,19-20,23-25H2,1H3,(H,40,45)/b4-2-,16-15+,18-14+/t28-,30-,31-,32+,33-/m1/s1. The molecule has 2 aromatic rings. The van der Waals surface area contributed by atoms with Crippen LogP contribution in [0.4, 0.5) is 0 Å². The fraction of sp³-hybridized carbons (Fsp3) is 0.447. The summed E-state index contributed by atoms with van der Waals surface area (Å²) >= 11 is 5.96. The molecule has 0 unspecified atom stereocenters. The minimum Gasteiger partial charge on any atom is -0.493 e. The van der Waals surface area contributed by atoms with Crippen molar-refractivity contribution < 1.29 is 63.9 Å². The normalized spacial score (nSPS) is 19.1. The Morgan fingerprint density at radius 2 is 1.81 bits per heavy atom. The summed E-state index contributed by atoms with van der Waals surface area (Å²) in [6.45, 7) is -0.185. The van der Waals surface area contributed by atoms with Gasteiger partial charge in [0.15, 0.2) is 11.5 Å². The maximum absolute atomic E-state index is 12.4. The molecule has 0 aromatic heterocycles. The lowest BCUT2D eigenvalue weighted by Crippen LogP contribution is -2.31. The van der Waals surface area contributed by atoms with Gasteiger partial charge >= 0.3 is 11.9 Å². The fourth-order valence-electron chi connectivity index (χ4n) is 5.53. The molecule has 1 aliphatic carbocycles. The van der Waals surface area contributed by atoms with Crippen LogP contribution >= 0.6 is 11.6 Å². The van der Waals surface area contributed by atoms with Crippen molar-refractivity contribution >= 4 is 35.5 Å². The Morgan fingerprint density at radius 3 is 2.57 bits per heavy atom. The number of rotatable bonds is 23. The molecule has 5 atom stereocenters. The molecule has 0 spiro atoms.